The average Bonchev–Trinajstić information content (AvgIpc) is 3.41. The van der Waals surface area contributed by atoms with Gasteiger partial charge in [0.25, 0.3) is 0 Å². The highest BCUT2D eigenvalue weighted by Gasteiger charge is 2.33. The summed E-state index contributed by atoms with van der Waals surface area (Å²) in [6.07, 6.45) is 98.6. The van der Waals surface area contributed by atoms with Crippen LogP contribution in [-0.4, -0.2) is 5.54 Å². The quantitative estimate of drug-likeness (QED) is 0.0604. The largest absolute Gasteiger partial charge is 0.325 e. The predicted octanol–water partition coefficient (Wildman–Crippen LogP) is 27.9. The Kier molecular flexibility index (Phi) is 66.4. The van der Waals surface area contributed by atoms with Gasteiger partial charge in [0.2, 0.25) is 0 Å². The molecule has 0 amide bonds. The lowest BCUT2D eigenvalue weighted by atomic mass is 9.72. The fourth-order valence-electron chi connectivity index (χ4n) is 13.1. The van der Waals surface area contributed by atoms with Crippen molar-refractivity contribution in [3.05, 3.63) is 0 Å². The van der Waals surface area contributed by atoms with E-state index in [2.05, 4.69) is 27.7 Å². The number of hydrogen-bond acceptors (Lipinski definition) is 1. The molecule has 0 aliphatic carbocycles. The lowest BCUT2D eigenvalue weighted by Gasteiger charge is -2.39. The Hall–Kier alpha value is -0.0400. The molecule has 0 radical (unpaired) electrons. The summed E-state index contributed by atoms with van der Waals surface area (Å²) in [7, 11) is 0. The third-order valence-electron chi connectivity index (χ3n) is 18.6. The Morgan fingerprint density at radius 2 is 0.293 bits per heavy atom. The minimum absolute atomic E-state index is 0.0665. The van der Waals surface area contributed by atoms with Crippen LogP contribution in [0.4, 0.5) is 0 Å². The lowest BCUT2D eigenvalue weighted by Crippen LogP contribution is -2.47. The van der Waals surface area contributed by atoms with Crippen LogP contribution in [0.5, 0.6) is 0 Å². The van der Waals surface area contributed by atoms with E-state index in [1.165, 1.54) is 437 Å². The molecule has 1 heteroatoms. The zero-order chi connectivity index (χ0) is 54.2. The summed E-state index contributed by atoms with van der Waals surface area (Å²) < 4.78 is 0. The summed E-state index contributed by atoms with van der Waals surface area (Å²) in [4.78, 5) is 0. The summed E-state index contributed by atoms with van der Waals surface area (Å²) in [5, 5.41) is 0. The van der Waals surface area contributed by atoms with E-state index in [0.717, 1.165) is 5.92 Å². The van der Waals surface area contributed by atoms with Crippen LogP contribution in [0.2, 0.25) is 0 Å². The Balaban J connectivity index is 5.04. The first-order chi connectivity index (χ1) is 37.1. The third kappa shape index (κ3) is 59.9. The van der Waals surface area contributed by atoms with Crippen molar-refractivity contribution in [1.29, 1.82) is 0 Å². The molecule has 0 saturated heterocycles. The van der Waals surface area contributed by atoms with Crippen molar-refractivity contribution in [2.24, 2.45) is 11.7 Å². The van der Waals surface area contributed by atoms with Gasteiger partial charge in [-0.1, -0.05) is 439 Å². The van der Waals surface area contributed by atoms with Crippen LogP contribution in [0.15, 0.2) is 0 Å². The topological polar surface area (TPSA) is 26.0 Å². The normalized spacial score (nSPS) is 12.1. The number of hydrogen-bond donors (Lipinski definition) is 1. The molecule has 0 atom stereocenters. The molecular formula is C74H151N. The smallest absolute Gasteiger partial charge is 0.0182 e. The van der Waals surface area contributed by atoms with Gasteiger partial charge in [-0.3, -0.25) is 0 Å². The van der Waals surface area contributed by atoms with Crippen LogP contribution in [0, 0.1) is 5.92 Å². The lowest BCUT2D eigenvalue weighted by molar-refractivity contribution is 0.189. The number of nitrogens with two attached hydrogens (primary N) is 1. The fourth-order valence-corrected chi connectivity index (χ4v) is 13.1. The Morgan fingerprint density at radius 1 is 0.173 bits per heavy atom. The van der Waals surface area contributed by atoms with E-state index in [4.69, 9.17) is 5.73 Å². The SMILES string of the molecule is CCCCCCCCCCCCCCCCCCC(CCCCCCCCCCCCCCCCCC)C(N)(CCCCCCCCCCCCCCCCCC)CCCCCCCCCCCCCCCCCC. The molecule has 0 heterocycles. The highest BCUT2D eigenvalue weighted by Crippen LogP contribution is 2.36. The Morgan fingerprint density at radius 3 is 0.440 bits per heavy atom. The van der Waals surface area contributed by atoms with Gasteiger partial charge < -0.3 is 5.73 Å². The van der Waals surface area contributed by atoms with Crippen LogP contribution >= 0.6 is 0 Å². The molecular weight excluding hydrogens is 903 g/mol. The minimum atomic E-state index is 0.0665. The van der Waals surface area contributed by atoms with E-state index in [0.29, 0.717) is 0 Å². The van der Waals surface area contributed by atoms with Gasteiger partial charge in [0, 0.05) is 5.54 Å². The van der Waals surface area contributed by atoms with Crippen LogP contribution in [-0.2, 0) is 0 Å². The summed E-state index contributed by atoms with van der Waals surface area (Å²) in [5.41, 5.74) is 7.96. The molecule has 2 N–H and O–H groups in total. The van der Waals surface area contributed by atoms with Gasteiger partial charge in [-0.2, -0.15) is 0 Å². The molecule has 0 fully saturated rings. The molecule has 452 valence electrons. The first-order valence-corrected chi connectivity index (χ1v) is 36.9. The van der Waals surface area contributed by atoms with Crippen molar-refractivity contribution < 1.29 is 0 Å². The van der Waals surface area contributed by atoms with Crippen molar-refractivity contribution in [2.45, 2.75) is 470 Å². The Labute approximate surface area is 479 Å². The maximum atomic E-state index is 7.90. The van der Waals surface area contributed by atoms with Gasteiger partial charge in [0.1, 0.15) is 0 Å². The predicted molar refractivity (Wildman–Crippen MR) is 347 cm³/mol. The zero-order valence-corrected chi connectivity index (χ0v) is 53.7. The zero-order valence-electron chi connectivity index (χ0n) is 53.7. The average molecular weight is 1060 g/mol. The van der Waals surface area contributed by atoms with Gasteiger partial charge in [0.05, 0.1) is 0 Å². The molecule has 75 heavy (non-hydrogen) atoms. The van der Waals surface area contributed by atoms with Crippen LogP contribution in [0.1, 0.15) is 464 Å². The monoisotopic (exact) mass is 1050 g/mol. The molecule has 0 aromatic rings. The summed E-state index contributed by atoms with van der Waals surface area (Å²) in [6, 6.07) is 0. The standard InChI is InChI=1S/C74H151N/c1-5-9-13-17-21-25-29-33-37-41-45-49-53-57-61-65-69-73(70-66-62-58-54-50-46-42-38-34-30-26-22-18-14-10-6-2)74(75,71-67-63-59-55-51-47-43-39-35-31-27-23-19-15-11-7-3)72-68-64-60-56-52-48-44-40-36-32-28-24-20-16-12-8-4/h73H,5-72,75H2,1-4H3. The second kappa shape index (κ2) is 66.5. The first kappa shape index (κ1) is 75.0. The number of unbranched alkanes of at least 4 members (excludes halogenated alkanes) is 60. The van der Waals surface area contributed by atoms with Crippen LogP contribution in [0.3, 0.4) is 0 Å². The van der Waals surface area contributed by atoms with Crippen molar-refractivity contribution in [3.63, 3.8) is 0 Å². The molecule has 0 aliphatic heterocycles. The summed E-state index contributed by atoms with van der Waals surface area (Å²) in [6.45, 7) is 9.31. The van der Waals surface area contributed by atoms with E-state index < -0.39 is 0 Å². The second-order valence-corrected chi connectivity index (χ2v) is 26.2. The summed E-state index contributed by atoms with van der Waals surface area (Å²) >= 11 is 0. The van der Waals surface area contributed by atoms with E-state index in [9.17, 15) is 0 Å². The van der Waals surface area contributed by atoms with Gasteiger partial charge >= 0.3 is 0 Å². The van der Waals surface area contributed by atoms with Gasteiger partial charge in [-0.15, -0.1) is 0 Å². The molecule has 0 aromatic heterocycles. The number of rotatable bonds is 69. The highest BCUT2D eigenvalue weighted by molar-refractivity contribution is 4.91. The van der Waals surface area contributed by atoms with Crippen molar-refractivity contribution in [1.82, 2.24) is 0 Å². The summed E-state index contributed by atoms with van der Waals surface area (Å²) in [5.74, 6) is 0.739. The molecule has 0 unspecified atom stereocenters. The molecule has 0 spiro atoms. The van der Waals surface area contributed by atoms with Gasteiger partial charge in [-0.05, 0) is 31.6 Å². The molecule has 0 bridgehead atoms. The molecule has 0 aromatic carbocycles. The molecule has 0 saturated carbocycles. The van der Waals surface area contributed by atoms with Crippen LogP contribution in [0.25, 0.3) is 0 Å². The maximum Gasteiger partial charge on any atom is 0.0182 e. The third-order valence-corrected chi connectivity index (χ3v) is 18.6. The first-order valence-electron chi connectivity index (χ1n) is 36.9. The maximum absolute atomic E-state index is 7.90. The van der Waals surface area contributed by atoms with Gasteiger partial charge in [-0.25, -0.2) is 0 Å². The van der Waals surface area contributed by atoms with E-state index in [-0.39, 0.29) is 5.54 Å². The molecule has 0 rings (SSSR count). The van der Waals surface area contributed by atoms with E-state index >= 15 is 0 Å². The highest BCUT2D eigenvalue weighted by atomic mass is 14.8. The fraction of sp³-hybridized carbons (Fsp3) is 1.00. The second-order valence-electron chi connectivity index (χ2n) is 26.2. The van der Waals surface area contributed by atoms with E-state index in [1.54, 1.807) is 0 Å². The van der Waals surface area contributed by atoms with E-state index in [1.807, 2.05) is 0 Å². The molecule has 1 nitrogen and oxygen atoms in total. The van der Waals surface area contributed by atoms with Crippen molar-refractivity contribution >= 4 is 0 Å². The van der Waals surface area contributed by atoms with Crippen molar-refractivity contribution in [3.8, 4) is 0 Å². The Bertz CT molecular complexity index is 899. The van der Waals surface area contributed by atoms with Gasteiger partial charge in [0.15, 0.2) is 0 Å². The minimum Gasteiger partial charge on any atom is -0.325 e. The van der Waals surface area contributed by atoms with Crippen LogP contribution < -0.4 is 5.73 Å². The molecule has 0 aliphatic rings. The van der Waals surface area contributed by atoms with Crippen molar-refractivity contribution in [2.75, 3.05) is 0 Å².